The van der Waals surface area contributed by atoms with Crippen LogP contribution in [0.1, 0.15) is 27.3 Å². The molecule has 0 aliphatic carbocycles. The molecule has 0 atom stereocenters. The van der Waals surface area contributed by atoms with Gasteiger partial charge in [0.05, 0.1) is 11.3 Å². The van der Waals surface area contributed by atoms with E-state index in [1.54, 1.807) is 0 Å². The zero-order chi connectivity index (χ0) is 14.0. The van der Waals surface area contributed by atoms with Crippen LogP contribution >= 0.6 is 22.6 Å². The van der Waals surface area contributed by atoms with Crippen LogP contribution in [0.25, 0.3) is 0 Å². The molecule has 0 fully saturated rings. The zero-order valence-corrected chi connectivity index (χ0v) is 13.3. The van der Waals surface area contributed by atoms with Crippen LogP contribution in [0, 0.1) is 24.3 Å². The lowest BCUT2D eigenvalue weighted by Crippen LogP contribution is -2.15. The maximum absolute atomic E-state index is 12.3. The Kier molecular flexibility index (Phi) is 4.19. The quantitative estimate of drug-likeness (QED) is 0.821. The van der Waals surface area contributed by atoms with Crippen molar-refractivity contribution in [2.75, 3.05) is 5.32 Å². The van der Waals surface area contributed by atoms with Gasteiger partial charge < -0.3 is 5.32 Å². The number of halogens is 1. The number of anilines is 1. The van der Waals surface area contributed by atoms with E-state index in [-0.39, 0.29) is 5.91 Å². The van der Waals surface area contributed by atoms with Gasteiger partial charge in [-0.3, -0.25) is 9.78 Å². The van der Waals surface area contributed by atoms with Gasteiger partial charge in [0.1, 0.15) is 0 Å². The summed E-state index contributed by atoms with van der Waals surface area (Å²) in [6.07, 6.45) is 0. The number of pyridine rings is 1. The van der Waals surface area contributed by atoms with Gasteiger partial charge in [0, 0.05) is 15.0 Å². The first-order chi connectivity index (χ1) is 8.97. The summed E-state index contributed by atoms with van der Waals surface area (Å²) in [6.45, 7) is 5.74. The Morgan fingerprint density at radius 1 is 1.16 bits per heavy atom. The summed E-state index contributed by atoms with van der Waals surface area (Å²) in [6, 6.07) is 9.65. The number of aryl methyl sites for hydroxylation is 3. The van der Waals surface area contributed by atoms with Crippen molar-refractivity contribution in [1.29, 1.82) is 0 Å². The number of carbonyl (C=O) groups excluding carboxylic acids is 1. The molecule has 0 saturated carbocycles. The Morgan fingerprint density at radius 2 is 1.89 bits per heavy atom. The van der Waals surface area contributed by atoms with Crippen molar-refractivity contribution in [3.8, 4) is 0 Å². The van der Waals surface area contributed by atoms with E-state index in [9.17, 15) is 4.79 Å². The highest BCUT2D eigenvalue weighted by Gasteiger charge is 2.11. The second-order valence-electron chi connectivity index (χ2n) is 4.50. The molecule has 2 aromatic rings. The highest BCUT2D eigenvalue weighted by molar-refractivity contribution is 14.1. The molecule has 98 valence electrons. The first kappa shape index (κ1) is 14.0. The van der Waals surface area contributed by atoms with Crippen molar-refractivity contribution in [1.82, 2.24) is 4.98 Å². The van der Waals surface area contributed by atoms with Gasteiger partial charge in [-0.05, 0) is 73.2 Å². The number of nitrogens with zero attached hydrogens (tertiary/aromatic N) is 1. The fraction of sp³-hybridized carbons (Fsp3) is 0.200. The Morgan fingerprint density at radius 3 is 2.58 bits per heavy atom. The van der Waals surface area contributed by atoms with Gasteiger partial charge in [0.15, 0.2) is 0 Å². The molecule has 0 aliphatic rings. The summed E-state index contributed by atoms with van der Waals surface area (Å²) in [7, 11) is 0. The molecule has 0 spiro atoms. The maximum Gasteiger partial charge on any atom is 0.257 e. The number of carbonyl (C=O) groups is 1. The normalized spacial score (nSPS) is 10.3. The van der Waals surface area contributed by atoms with E-state index >= 15 is 0 Å². The lowest BCUT2D eigenvalue weighted by Gasteiger charge is -2.10. The standard InChI is InChI=1S/C15H15IN2O/c1-9-4-6-12(16)8-14(9)18-15(19)13-7-5-10(2)17-11(13)3/h4-8H,1-3H3,(H,18,19). The summed E-state index contributed by atoms with van der Waals surface area (Å²) < 4.78 is 1.09. The zero-order valence-electron chi connectivity index (χ0n) is 11.1. The van der Waals surface area contributed by atoms with Crippen molar-refractivity contribution in [2.24, 2.45) is 0 Å². The summed E-state index contributed by atoms with van der Waals surface area (Å²) in [5, 5.41) is 2.94. The smallest absolute Gasteiger partial charge is 0.257 e. The minimum Gasteiger partial charge on any atom is -0.322 e. The van der Waals surface area contributed by atoms with E-state index in [0.717, 1.165) is 26.2 Å². The molecule has 1 aromatic heterocycles. The number of amides is 1. The van der Waals surface area contributed by atoms with Crippen LogP contribution in [-0.4, -0.2) is 10.9 Å². The molecule has 2 rings (SSSR count). The minimum atomic E-state index is -0.116. The molecular weight excluding hydrogens is 351 g/mol. The Balaban J connectivity index is 2.28. The number of hydrogen-bond donors (Lipinski definition) is 1. The summed E-state index contributed by atoms with van der Waals surface area (Å²) in [5.74, 6) is -0.116. The number of nitrogens with one attached hydrogen (secondary N) is 1. The molecule has 1 N–H and O–H groups in total. The van der Waals surface area contributed by atoms with Crippen molar-refractivity contribution < 1.29 is 4.79 Å². The number of benzene rings is 1. The first-order valence-electron chi connectivity index (χ1n) is 5.99. The van der Waals surface area contributed by atoms with Gasteiger partial charge in [0.25, 0.3) is 5.91 Å². The van der Waals surface area contributed by atoms with Crippen molar-refractivity contribution in [2.45, 2.75) is 20.8 Å². The molecule has 1 heterocycles. The number of aromatic nitrogens is 1. The van der Waals surface area contributed by atoms with E-state index in [1.807, 2.05) is 51.1 Å². The lowest BCUT2D eigenvalue weighted by molar-refractivity contribution is 0.102. The molecular formula is C15H15IN2O. The van der Waals surface area contributed by atoms with Gasteiger partial charge >= 0.3 is 0 Å². The molecule has 0 aliphatic heterocycles. The number of hydrogen-bond acceptors (Lipinski definition) is 2. The largest absolute Gasteiger partial charge is 0.322 e. The SMILES string of the molecule is Cc1ccc(C(=O)Nc2cc(I)ccc2C)c(C)n1. The first-order valence-corrected chi connectivity index (χ1v) is 7.07. The third kappa shape index (κ3) is 3.32. The molecule has 3 nitrogen and oxygen atoms in total. The molecule has 1 amide bonds. The Bertz CT molecular complexity index is 638. The number of rotatable bonds is 2. The third-order valence-electron chi connectivity index (χ3n) is 2.92. The van der Waals surface area contributed by atoms with Gasteiger partial charge in [0.2, 0.25) is 0 Å². The second-order valence-corrected chi connectivity index (χ2v) is 5.74. The van der Waals surface area contributed by atoms with E-state index < -0.39 is 0 Å². The Labute approximate surface area is 126 Å². The van der Waals surface area contributed by atoms with Gasteiger partial charge in [-0.2, -0.15) is 0 Å². The second kappa shape index (κ2) is 5.69. The van der Waals surface area contributed by atoms with Crippen LogP contribution in [0.2, 0.25) is 0 Å². The van der Waals surface area contributed by atoms with E-state index in [0.29, 0.717) is 5.56 Å². The topological polar surface area (TPSA) is 42.0 Å². The molecule has 1 aromatic carbocycles. The van der Waals surface area contributed by atoms with Gasteiger partial charge in [-0.1, -0.05) is 6.07 Å². The molecule has 0 unspecified atom stereocenters. The van der Waals surface area contributed by atoms with E-state index in [1.165, 1.54) is 0 Å². The summed E-state index contributed by atoms with van der Waals surface area (Å²) in [4.78, 5) is 16.6. The highest BCUT2D eigenvalue weighted by atomic mass is 127. The molecule has 0 saturated heterocycles. The molecule has 0 bridgehead atoms. The lowest BCUT2D eigenvalue weighted by atomic mass is 10.1. The fourth-order valence-corrected chi connectivity index (χ4v) is 2.34. The fourth-order valence-electron chi connectivity index (χ4n) is 1.85. The molecule has 4 heteroatoms. The predicted octanol–water partition coefficient (Wildman–Crippen LogP) is 3.86. The van der Waals surface area contributed by atoms with E-state index in [4.69, 9.17) is 0 Å². The van der Waals surface area contributed by atoms with Gasteiger partial charge in [-0.15, -0.1) is 0 Å². The van der Waals surface area contributed by atoms with Crippen LogP contribution in [0.3, 0.4) is 0 Å². The van der Waals surface area contributed by atoms with Crippen LogP contribution in [0.15, 0.2) is 30.3 Å². The highest BCUT2D eigenvalue weighted by Crippen LogP contribution is 2.19. The van der Waals surface area contributed by atoms with Crippen molar-refractivity contribution >= 4 is 34.2 Å². The molecule has 0 radical (unpaired) electrons. The average molecular weight is 366 g/mol. The van der Waals surface area contributed by atoms with Crippen molar-refractivity contribution in [3.63, 3.8) is 0 Å². The van der Waals surface area contributed by atoms with E-state index in [2.05, 4.69) is 32.9 Å². The van der Waals surface area contributed by atoms with Crippen molar-refractivity contribution in [3.05, 3.63) is 56.4 Å². The summed E-state index contributed by atoms with van der Waals surface area (Å²) in [5.41, 5.74) is 4.17. The van der Waals surface area contributed by atoms with Gasteiger partial charge in [-0.25, -0.2) is 0 Å². The monoisotopic (exact) mass is 366 g/mol. The van der Waals surface area contributed by atoms with Crippen LogP contribution in [-0.2, 0) is 0 Å². The maximum atomic E-state index is 12.3. The summed E-state index contributed by atoms with van der Waals surface area (Å²) >= 11 is 2.23. The van der Waals surface area contributed by atoms with Crippen LogP contribution in [0.4, 0.5) is 5.69 Å². The van der Waals surface area contributed by atoms with Crippen LogP contribution in [0.5, 0.6) is 0 Å². The molecule has 19 heavy (non-hydrogen) atoms. The predicted molar refractivity (Wildman–Crippen MR) is 85.6 cm³/mol. The third-order valence-corrected chi connectivity index (χ3v) is 3.59. The Hall–Kier alpha value is -1.43. The van der Waals surface area contributed by atoms with Crippen LogP contribution < -0.4 is 5.32 Å². The minimum absolute atomic E-state index is 0.116. The average Bonchev–Trinajstić information content (AvgIpc) is 2.33.